The molecule has 5 fully saturated rings. The smallest absolute Gasteiger partial charge is 0.373 e. The van der Waals surface area contributed by atoms with Crippen molar-refractivity contribution < 1.29 is 51.4 Å². The topological polar surface area (TPSA) is 424 Å². The molecule has 5 aliphatic rings. The van der Waals surface area contributed by atoms with Crippen LogP contribution in [0.25, 0.3) is 0 Å². The molecule has 2 saturated heterocycles. The van der Waals surface area contributed by atoms with Gasteiger partial charge in [-0.1, -0.05) is 106 Å². The summed E-state index contributed by atoms with van der Waals surface area (Å²) in [6, 6.07) is 10.6. The fourth-order valence-electron chi connectivity index (χ4n) is 11.1. The summed E-state index contributed by atoms with van der Waals surface area (Å²) in [5.74, 6) is -3.44. The molecule has 10 N–H and O–H groups in total. The molecule has 8 aromatic rings. The number of nitrogens with zero attached hydrogens (tertiary/aromatic N) is 16. The van der Waals surface area contributed by atoms with E-state index >= 15 is 0 Å². The lowest BCUT2D eigenvalue weighted by atomic mass is 9.82. The fourth-order valence-corrected chi connectivity index (χ4v) is 16.1. The number of alkyl halides is 4. The summed E-state index contributed by atoms with van der Waals surface area (Å²) < 4.78 is 51.5. The van der Waals surface area contributed by atoms with Gasteiger partial charge in [-0.2, -0.15) is 9.59 Å². The zero-order valence-electron chi connectivity index (χ0n) is 52.4. The third-order valence-electron chi connectivity index (χ3n) is 15.2. The van der Waals surface area contributed by atoms with E-state index in [-0.39, 0.29) is 68.3 Å². The molecular weight excluding hydrogens is 1370 g/mol. The number of aryl methyl sites for hydroxylation is 1. The van der Waals surface area contributed by atoms with Gasteiger partial charge in [0.25, 0.3) is 17.8 Å². The van der Waals surface area contributed by atoms with Gasteiger partial charge in [0, 0.05) is 62.0 Å². The van der Waals surface area contributed by atoms with E-state index in [0.29, 0.717) is 71.8 Å². The molecule has 10 heterocycles. The van der Waals surface area contributed by atoms with Gasteiger partial charge in [0.1, 0.15) is 41.7 Å². The molecule has 3 amide bonds. The number of carboxylic acid groups (broad SMARTS) is 1. The van der Waals surface area contributed by atoms with Gasteiger partial charge in [0.05, 0.1) is 38.3 Å². The van der Waals surface area contributed by atoms with Gasteiger partial charge in [-0.3, -0.25) is 19.2 Å². The number of nitrogens with two attached hydrogens (primary N) is 3. The first-order valence-corrected chi connectivity index (χ1v) is 35.2. The summed E-state index contributed by atoms with van der Waals surface area (Å²) in [5.41, 5.74) is 18.4. The van der Waals surface area contributed by atoms with Crippen LogP contribution < -0.4 is 43.0 Å². The van der Waals surface area contributed by atoms with Crippen LogP contribution in [0.4, 0.5) is 60.0 Å². The Labute approximate surface area is 571 Å². The van der Waals surface area contributed by atoms with E-state index < -0.39 is 17.8 Å². The van der Waals surface area contributed by atoms with Crippen LogP contribution in [-0.2, 0) is 41.6 Å². The highest BCUT2D eigenvalue weighted by Crippen LogP contribution is 2.46. The number of aromatic nitrogens is 14. The Kier molecular flexibility index (Phi) is 26.4. The summed E-state index contributed by atoms with van der Waals surface area (Å²) in [6.07, 6.45) is 13.8. The average molecular weight is 1440 g/mol. The van der Waals surface area contributed by atoms with E-state index in [1.54, 1.807) is 29.2 Å². The van der Waals surface area contributed by atoms with Crippen molar-refractivity contribution in [1.82, 2.24) is 71.2 Å². The number of hydrogen-bond donors (Lipinski definition) is 7. The van der Waals surface area contributed by atoms with Crippen molar-refractivity contribution in [3.05, 3.63) is 77.8 Å². The molecule has 3 aliphatic carbocycles. The van der Waals surface area contributed by atoms with Gasteiger partial charge >= 0.3 is 6.15 Å². The number of amides is 3. The van der Waals surface area contributed by atoms with E-state index in [1.165, 1.54) is 93.2 Å². The highest BCUT2D eigenvalue weighted by molar-refractivity contribution is 7.16. The first kappa shape index (κ1) is 73.4. The number of carbonyl (C=O) groups excluding carboxylic acids is 5. The number of hydrogen-bond acceptors (Lipinski definition) is 31. The summed E-state index contributed by atoms with van der Waals surface area (Å²) in [7, 11) is 0. The lowest BCUT2D eigenvalue weighted by Crippen LogP contribution is -2.56. The highest BCUT2D eigenvalue weighted by atomic mass is 32.1. The van der Waals surface area contributed by atoms with Gasteiger partial charge in [-0.25, -0.2) is 27.5 Å². The molecule has 2 aliphatic heterocycles. The van der Waals surface area contributed by atoms with Crippen LogP contribution in [0, 0.1) is 0 Å². The molecule has 0 unspecified atom stereocenters. The number of aliphatic carboxylic acids is 1. The normalized spacial score (nSPS) is 20.4. The minimum atomic E-state index is -2.68. The molecule has 0 aromatic carbocycles. The quantitative estimate of drug-likeness (QED) is 0.0498. The van der Waals surface area contributed by atoms with Crippen molar-refractivity contribution in [3.63, 3.8) is 0 Å². The number of carboxylic acids is 1. The number of carbonyl (C=O) groups is 4. The Morgan fingerprint density at radius 1 is 0.500 bits per heavy atom. The zero-order valence-corrected chi connectivity index (χ0v) is 57.3. The lowest BCUT2D eigenvalue weighted by molar-refractivity contribution is -0.191. The average Bonchev–Trinajstić information content (AvgIpc) is 1.20. The Hall–Kier alpha value is -8.36. The van der Waals surface area contributed by atoms with E-state index in [0.717, 1.165) is 120 Å². The molecule has 13 rings (SSSR count). The van der Waals surface area contributed by atoms with E-state index in [1.807, 2.05) is 19.1 Å². The second-order valence-electron chi connectivity index (χ2n) is 22.9. The van der Waals surface area contributed by atoms with Gasteiger partial charge in [0.15, 0.2) is 0 Å². The SMILES string of the molecule is CC(=O)Nc1nnc([C@H]2CCC[C@H](c3nnc(N)s3)C2)s1.CC(=O)Nc1nnc([C@H]2CCC[C@H](c3nnc(NC(=O)Cc4cccc(N5CC(F)(F)C5)n4)s3)C2)s1.CC(=O)O.CCc1cccc(N2CC(F)(F)C2)n1.Nc1nnc([C@H]2CCC[C@H](c3nnc(N)s3)C2)s1.O=C=O. The summed E-state index contributed by atoms with van der Waals surface area (Å²) >= 11 is 8.67. The van der Waals surface area contributed by atoms with Crippen LogP contribution in [0.15, 0.2) is 36.4 Å². The van der Waals surface area contributed by atoms with Crippen LogP contribution in [0.1, 0.15) is 182 Å². The van der Waals surface area contributed by atoms with Gasteiger partial charge in [-0.15, -0.1) is 61.2 Å². The number of halogens is 4. The van der Waals surface area contributed by atoms with Crippen molar-refractivity contribution in [2.24, 2.45) is 0 Å². The molecule has 29 nitrogen and oxygen atoms in total. The third kappa shape index (κ3) is 22.4. The molecule has 0 spiro atoms. The number of pyridine rings is 2. The second-order valence-corrected chi connectivity index (χ2v) is 29.0. The Morgan fingerprint density at radius 2 is 0.792 bits per heavy atom. The molecule has 96 heavy (non-hydrogen) atoms. The standard InChI is InChI=1S/C22H24F2N8O2S2.C12H16N6OS2.C10H12F2N2.C10H14N6S2.C2H4O2.CO2/c1-12(33)25-20-30-28-18(35-20)13-4-2-5-14(8-13)19-29-31-21(36-19)27-17(34)9-15-6-3-7-16(26-15)32-10-22(23,24)11-32;1-6(19)14-12-18-16-10(21-12)8-4-2-3-7(5-8)9-15-17-11(13)20-9;1-2-8-4-3-5-9(13-8)14-6-10(11,12)7-14;11-9-15-13-7(17-9)5-2-1-3-6(4-5)8-14-16-10(12)18-8;1-2(3)4;2-1-3/h3,6-7,13-14H,2,4-5,8-11H2,1H3,(H,25,30,33)(H,27,31,34);7-8H,2-5H2,1H3,(H2,13,17)(H,14,18,19);3-5H,2,6-7H2,1H3;5-6H,1-4H2,(H2,11,15)(H2,12,16);1H3,(H,3,4);/t13-,14-;7-,8-;;5-,6-;;/m00.0../s1. The molecule has 39 heteroatoms. The lowest BCUT2D eigenvalue weighted by Gasteiger charge is -2.39. The van der Waals surface area contributed by atoms with E-state index in [9.17, 15) is 31.9 Å². The Balaban J connectivity index is 0.000000168. The number of rotatable bonds is 14. The number of anilines is 8. The van der Waals surface area contributed by atoms with Crippen molar-refractivity contribution in [2.75, 3.05) is 69.1 Å². The van der Waals surface area contributed by atoms with Crippen molar-refractivity contribution in [2.45, 2.75) is 165 Å². The number of nitrogens with one attached hydrogen (secondary N) is 3. The molecule has 3 saturated carbocycles. The number of nitrogen functional groups attached to an aromatic ring is 3. The minimum absolute atomic E-state index is 0.00612. The second kappa shape index (κ2) is 34.5. The Morgan fingerprint density at radius 3 is 1.08 bits per heavy atom. The molecule has 8 aromatic heterocycles. The Bertz CT molecular complexity index is 3840. The maximum Gasteiger partial charge on any atom is 0.373 e. The van der Waals surface area contributed by atoms with Gasteiger partial charge in [-0.05, 0) is 88.5 Å². The molecular formula is C57H70F4N22O7S6. The predicted molar refractivity (Wildman–Crippen MR) is 356 cm³/mol. The third-order valence-corrected chi connectivity index (χ3v) is 21.0. The van der Waals surface area contributed by atoms with Crippen LogP contribution >= 0.6 is 68.0 Å². The zero-order chi connectivity index (χ0) is 69.1. The van der Waals surface area contributed by atoms with E-state index in [2.05, 4.69) is 87.1 Å². The molecule has 514 valence electrons. The summed E-state index contributed by atoms with van der Waals surface area (Å²) in [5, 5.41) is 73.7. The van der Waals surface area contributed by atoms with Crippen molar-refractivity contribution >= 4 is 140 Å². The minimum Gasteiger partial charge on any atom is -0.481 e. The first-order valence-electron chi connectivity index (χ1n) is 30.3. The van der Waals surface area contributed by atoms with Crippen LogP contribution in [0.3, 0.4) is 0 Å². The largest absolute Gasteiger partial charge is 0.481 e. The predicted octanol–water partition coefficient (Wildman–Crippen LogP) is 9.79. The summed E-state index contributed by atoms with van der Waals surface area (Å²) in [4.78, 5) is 71.8. The molecule has 0 radical (unpaired) electrons. The first-order chi connectivity index (χ1) is 45.8. The summed E-state index contributed by atoms with van der Waals surface area (Å²) in [6.45, 7) is 4.87. The van der Waals surface area contributed by atoms with Crippen LogP contribution in [0.2, 0.25) is 0 Å². The maximum absolute atomic E-state index is 13.1. The van der Waals surface area contributed by atoms with Crippen molar-refractivity contribution in [3.8, 4) is 0 Å². The van der Waals surface area contributed by atoms with E-state index in [4.69, 9.17) is 36.7 Å². The van der Waals surface area contributed by atoms with Gasteiger partial charge < -0.3 is 48.1 Å². The highest BCUT2D eigenvalue weighted by Gasteiger charge is 2.45. The van der Waals surface area contributed by atoms with Crippen LogP contribution in [0.5, 0.6) is 0 Å². The maximum atomic E-state index is 13.1. The molecule has 6 atom stereocenters. The van der Waals surface area contributed by atoms with Gasteiger partial charge in [0.2, 0.25) is 48.5 Å². The molecule has 0 bridgehead atoms. The fraction of sp³-hybridized carbons (Fsp3) is 0.526. The van der Waals surface area contributed by atoms with Crippen LogP contribution in [-0.4, -0.2) is 144 Å². The monoisotopic (exact) mass is 1440 g/mol. The van der Waals surface area contributed by atoms with Crippen molar-refractivity contribution in [1.29, 1.82) is 0 Å².